The first kappa shape index (κ1) is 12.7. The molecule has 0 radical (unpaired) electrons. The van der Waals surface area contributed by atoms with E-state index in [9.17, 15) is 9.90 Å². The van der Waals surface area contributed by atoms with Crippen molar-refractivity contribution in [3.63, 3.8) is 0 Å². The third kappa shape index (κ3) is 2.28. The van der Waals surface area contributed by atoms with Gasteiger partial charge in [-0.2, -0.15) is 0 Å². The number of carbonyl (C=O) groups excluding carboxylic acids is 1. The number of aliphatic hydroxyl groups is 1. The lowest BCUT2D eigenvalue weighted by Crippen LogP contribution is -2.30. The summed E-state index contributed by atoms with van der Waals surface area (Å²) in [6, 6.07) is 7.75. The zero-order valence-electron chi connectivity index (χ0n) is 10.7. The number of rotatable bonds is 1. The van der Waals surface area contributed by atoms with Crippen LogP contribution in [0.2, 0.25) is 0 Å². The van der Waals surface area contributed by atoms with Crippen LogP contribution >= 0.6 is 11.8 Å². The van der Waals surface area contributed by atoms with Crippen LogP contribution in [0.15, 0.2) is 29.3 Å². The van der Waals surface area contributed by atoms with Gasteiger partial charge < -0.3 is 5.11 Å². The molecule has 19 heavy (non-hydrogen) atoms. The lowest BCUT2D eigenvalue weighted by Gasteiger charge is -2.17. The van der Waals surface area contributed by atoms with E-state index < -0.39 is 6.10 Å². The summed E-state index contributed by atoms with van der Waals surface area (Å²) < 4.78 is 0. The number of aliphatic hydroxyl groups excluding tert-OH is 1. The number of amides is 1. The molecule has 0 aromatic heterocycles. The molecule has 1 aliphatic heterocycles. The molecule has 4 nitrogen and oxygen atoms in total. The van der Waals surface area contributed by atoms with Gasteiger partial charge in [0.1, 0.15) is 6.04 Å². The van der Waals surface area contributed by atoms with E-state index >= 15 is 0 Å². The van der Waals surface area contributed by atoms with Crippen LogP contribution in [-0.4, -0.2) is 39.5 Å². The molecule has 100 valence electrons. The Hall–Kier alpha value is -1.33. The third-order valence-corrected chi connectivity index (χ3v) is 4.54. The summed E-state index contributed by atoms with van der Waals surface area (Å²) in [4.78, 5) is 17.9. The standard InChI is InChI=1S/C14H16N2O2S/c1-9(17)16-6-7-19-14(16)15-13-11-5-3-2-4-10(11)8-12(13)18/h2-5,12-13,18H,6-8H2,1H3. The minimum atomic E-state index is -0.486. The van der Waals surface area contributed by atoms with Gasteiger partial charge in [0, 0.05) is 25.6 Å². The van der Waals surface area contributed by atoms with Gasteiger partial charge in [0.2, 0.25) is 5.91 Å². The number of amidine groups is 1. The lowest BCUT2D eigenvalue weighted by atomic mass is 10.1. The van der Waals surface area contributed by atoms with Gasteiger partial charge in [-0.3, -0.25) is 14.7 Å². The maximum atomic E-state index is 11.5. The normalized spacial score (nSPS) is 27.9. The van der Waals surface area contributed by atoms with E-state index in [1.54, 1.807) is 23.6 Å². The molecular weight excluding hydrogens is 260 g/mol. The highest BCUT2D eigenvalue weighted by Crippen LogP contribution is 2.35. The second-order valence-electron chi connectivity index (χ2n) is 4.85. The number of benzene rings is 1. The van der Waals surface area contributed by atoms with E-state index in [0.29, 0.717) is 13.0 Å². The van der Waals surface area contributed by atoms with Crippen molar-refractivity contribution in [3.05, 3.63) is 35.4 Å². The smallest absolute Gasteiger partial charge is 0.225 e. The number of fused-ring (bicyclic) bond motifs is 1. The number of hydrogen-bond donors (Lipinski definition) is 1. The van der Waals surface area contributed by atoms with Crippen molar-refractivity contribution in [1.29, 1.82) is 0 Å². The molecule has 1 aromatic rings. The summed E-state index contributed by atoms with van der Waals surface area (Å²) in [6.45, 7) is 2.27. The molecule has 1 aliphatic carbocycles. The molecule has 1 heterocycles. The molecule has 1 amide bonds. The molecule has 0 bridgehead atoms. The van der Waals surface area contributed by atoms with Crippen LogP contribution in [0, 0.1) is 0 Å². The Morgan fingerprint density at radius 2 is 2.26 bits per heavy atom. The maximum Gasteiger partial charge on any atom is 0.225 e. The summed E-state index contributed by atoms with van der Waals surface area (Å²) in [7, 11) is 0. The fourth-order valence-corrected chi connectivity index (χ4v) is 3.65. The summed E-state index contributed by atoms with van der Waals surface area (Å²) in [5.74, 6) is 0.896. The lowest BCUT2D eigenvalue weighted by molar-refractivity contribution is -0.124. The Balaban J connectivity index is 1.93. The molecule has 3 rings (SSSR count). The molecule has 1 fully saturated rings. The third-order valence-electron chi connectivity index (χ3n) is 3.57. The van der Waals surface area contributed by atoms with Crippen LogP contribution in [0.3, 0.4) is 0 Å². The largest absolute Gasteiger partial charge is 0.390 e. The Morgan fingerprint density at radius 1 is 1.47 bits per heavy atom. The molecule has 1 aromatic carbocycles. The van der Waals surface area contributed by atoms with Crippen molar-refractivity contribution in [3.8, 4) is 0 Å². The molecule has 5 heteroatoms. The van der Waals surface area contributed by atoms with Crippen molar-refractivity contribution in [2.45, 2.75) is 25.5 Å². The Labute approximate surface area is 116 Å². The fraction of sp³-hybridized carbons (Fsp3) is 0.429. The second kappa shape index (κ2) is 4.98. The van der Waals surface area contributed by atoms with Crippen LogP contribution in [0.1, 0.15) is 24.1 Å². The van der Waals surface area contributed by atoms with Crippen LogP contribution in [0.4, 0.5) is 0 Å². The van der Waals surface area contributed by atoms with E-state index in [0.717, 1.165) is 22.0 Å². The predicted molar refractivity (Wildman–Crippen MR) is 76.2 cm³/mol. The number of carbonyl (C=O) groups is 1. The van der Waals surface area contributed by atoms with E-state index in [1.807, 2.05) is 24.3 Å². The van der Waals surface area contributed by atoms with Gasteiger partial charge >= 0.3 is 0 Å². The summed E-state index contributed by atoms with van der Waals surface area (Å²) in [5, 5.41) is 10.9. The summed E-state index contributed by atoms with van der Waals surface area (Å²) in [5.41, 5.74) is 2.24. The first-order valence-electron chi connectivity index (χ1n) is 6.41. The number of thioether (sulfide) groups is 1. The van der Waals surface area contributed by atoms with Gasteiger partial charge in [0.25, 0.3) is 0 Å². The monoisotopic (exact) mass is 276 g/mol. The average molecular weight is 276 g/mol. The van der Waals surface area contributed by atoms with E-state index in [4.69, 9.17) is 0 Å². The van der Waals surface area contributed by atoms with Gasteiger partial charge in [-0.15, -0.1) is 0 Å². The van der Waals surface area contributed by atoms with Crippen LogP contribution in [0.25, 0.3) is 0 Å². The summed E-state index contributed by atoms with van der Waals surface area (Å²) in [6.07, 6.45) is 0.155. The van der Waals surface area contributed by atoms with Gasteiger partial charge in [-0.05, 0) is 11.1 Å². The predicted octanol–water partition coefficient (Wildman–Crippen LogP) is 1.60. The Kier molecular flexibility index (Phi) is 3.33. The first-order chi connectivity index (χ1) is 9.16. The molecule has 2 unspecified atom stereocenters. The highest BCUT2D eigenvalue weighted by Gasteiger charge is 2.33. The number of hydrogen-bond acceptors (Lipinski definition) is 4. The van der Waals surface area contributed by atoms with Crippen LogP contribution < -0.4 is 0 Å². The minimum Gasteiger partial charge on any atom is -0.390 e. The van der Waals surface area contributed by atoms with Gasteiger partial charge in [-0.1, -0.05) is 36.0 Å². The zero-order valence-corrected chi connectivity index (χ0v) is 11.6. The maximum absolute atomic E-state index is 11.5. The van der Waals surface area contributed by atoms with Crippen molar-refractivity contribution in [2.24, 2.45) is 4.99 Å². The highest BCUT2D eigenvalue weighted by atomic mass is 32.2. The molecule has 1 N–H and O–H groups in total. The average Bonchev–Trinajstić information content (AvgIpc) is 2.96. The Bertz CT molecular complexity index is 544. The van der Waals surface area contributed by atoms with Crippen LogP contribution in [-0.2, 0) is 11.2 Å². The van der Waals surface area contributed by atoms with Crippen molar-refractivity contribution >= 4 is 22.8 Å². The van der Waals surface area contributed by atoms with Crippen molar-refractivity contribution in [2.75, 3.05) is 12.3 Å². The molecule has 0 saturated carbocycles. The SMILES string of the molecule is CC(=O)N1CCSC1=NC1c2ccccc2CC1O. The summed E-state index contributed by atoms with van der Waals surface area (Å²) >= 11 is 1.59. The molecule has 0 spiro atoms. The topological polar surface area (TPSA) is 52.9 Å². The van der Waals surface area contributed by atoms with Crippen molar-refractivity contribution in [1.82, 2.24) is 4.90 Å². The fourth-order valence-electron chi connectivity index (χ4n) is 2.63. The van der Waals surface area contributed by atoms with E-state index in [2.05, 4.69) is 4.99 Å². The van der Waals surface area contributed by atoms with Gasteiger partial charge in [0.05, 0.1) is 6.10 Å². The van der Waals surface area contributed by atoms with Crippen LogP contribution in [0.5, 0.6) is 0 Å². The highest BCUT2D eigenvalue weighted by molar-refractivity contribution is 8.14. The number of aliphatic imine (C=N–C) groups is 1. The quantitative estimate of drug-likeness (QED) is 0.847. The van der Waals surface area contributed by atoms with Crippen molar-refractivity contribution < 1.29 is 9.90 Å². The molecule has 1 saturated heterocycles. The molecular formula is C14H16N2O2S. The van der Waals surface area contributed by atoms with E-state index in [-0.39, 0.29) is 11.9 Å². The van der Waals surface area contributed by atoms with Gasteiger partial charge in [0.15, 0.2) is 5.17 Å². The van der Waals surface area contributed by atoms with E-state index in [1.165, 1.54) is 0 Å². The molecule has 2 aliphatic rings. The molecule has 2 atom stereocenters. The second-order valence-corrected chi connectivity index (χ2v) is 5.91. The zero-order chi connectivity index (χ0) is 13.4. The minimum absolute atomic E-state index is 0.0181. The van der Waals surface area contributed by atoms with Gasteiger partial charge in [-0.25, -0.2) is 0 Å². The Morgan fingerprint density at radius 3 is 3.05 bits per heavy atom. The number of nitrogens with zero attached hydrogens (tertiary/aromatic N) is 2. The first-order valence-corrected chi connectivity index (χ1v) is 7.40.